The lowest BCUT2D eigenvalue weighted by Gasteiger charge is -2.23. The topological polar surface area (TPSA) is 67.2 Å². The zero-order chi connectivity index (χ0) is 14.8. The quantitative estimate of drug-likeness (QED) is 0.797. The van der Waals surface area contributed by atoms with Crippen molar-refractivity contribution >= 4 is 21.6 Å². The standard InChI is InChI=1S/C14H22BrN3O2/c1-3-6-14(2,20)9-16-11-7-17-18(8-10-4-5-10)13(19)12(11)15/h7,10,16,20H,3-6,8-9H2,1-2H3. The summed E-state index contributed by atoms with van der Waals surface area (Å²) in [6, 6.07) is 0. The molecule has 1 aromatic rings. The first-order chi connectivity index (χ1) is 9.43. The van der Waals surface area contributed by atoms with Gasteiger partial charge < -0.3 is 10.4 Å². The van der Waals surface area contributed by atoms with Crippen LogP contribution >= 0.6 is 15.9 Å². The third-order valence-electron chi connectivity index (χ3n) is 3.56. The number of hydrogen-bond donors (Lipinski definition) is 2. The van der Waals surface area contributed by atoms with Crippen LogP contribution in [0.2, 0.25) is 0 Å². The van der Waals surface area contributed by atoms with Gasteiger partial charge in [0.05, 0.1) is 17.5 Å². The SMILES string of the molecule is CCCC(C)(O)CNc1cnn(CC2CC2)c(=O)c1Br. The third kappa shape index (κ3) is 4.06. The highest BCUT2D eigenvalue weighted by Gasteiger charge is 2.24. The molecule has 0 amide bonds. The van der Waals surface area contributed by atoms with E-state index in [2.05, 4.69) is 26.3 Å². The summed E-state index contributed by atoms with van der Waals surface area (Å²) in [6.07, 6.45) is 5.65. The molecule has 0 radical (unpaired) electrons. The summed E-state index contributed by atoms with van der Waals surface area (Å²) in [4.78, 5) is 12.2. The zero-order valence-electron chi connectivity index (χ0n) is 12.0. The van der Waals surface area contributed by atoms with E-state index in [1.165, 1.54) is 17.5 Å². The summed E-state index contributed by atoms with van der Waals surface area (Å²) in [5.74, 6) is 0.608. The molecule has 1 aromatic heterocycles. The van der Waals surface area contributed by atoms with Crippen molar-refractivity contribution in [3.05, 3.63) is 21.0 Å². The van der Waals surface area contributed by atoms with Crippen LogP contribution < -0.4 is 10.9 Å². The summed E-state index contributed by atoms with van der Waals surface area (Å²) < 4.78 is 2.00. The Morgan fingerprint density at radius 1 is 1.60 bits per heavy atom. The van der Waals surface area contributed by atoms with Gasteiger partial charge in [-0.25, -0.2) is 4.68 Å². The molecule has 1 unspecified atom stereocenters. The van der Waals surface area contributed by atoms with Gasteiger partial charge in [0.2, 0.25) is 0 Å². The molecular formula is C14H22BrN3O2. The Hall–Kier alpha value is -0.880. The molecular weight excluding hydrogens is 322 g/mol. The Balaban J connectivity index is 2.05. The molecule has 1 saturated carbocycles. The van der Waals surface area contributed by atoms with Crippen molar-refractivity contribution in [1.82, 2.24) is 9.78 Å². The van der Waals surface area contributed by atoms with Crippen LogP contribution in [0.1, 0.15) is 39.5 Å². The molecule has 1 fully saturated rings. The average molecular weight is 344 g/mol. The molecule has 2 rings (SSSR count). The Labute approximate surface area is 127 Å². The highest BCUT2D eigenvalue weighted by molar-refractivity contribution is 9.10. The van der Waals surface area contributed by atoms with Crippen molar-refractivity contribution in [2.45, 2.75) is 51.7 Å². The summed E-state index contributed by atoms with van der Waals surface area (Å²) in [7, 11) is 0. The molecule has 2 N–H and O–H groups in total. The smallest absolute Gasteiger partial charge is 0.283 e. The fourth-order valence-electron chi connectivity index (χ4n) is 2.18. The van der Waals surface area contributed by atoms with E-state index < -0.39 is 5.60 Å². The molecule has 5 nitrogen and oxygen atoms in total. The summed E-state index contributed by atoms with van der Waals surface area (Å²) in [5.41, 5.74) is -0.257. The maximum absolute atomic E-state index is 12.2. The van der Waals surface area contributed by atoms with Gasteiger partial charge in [0.1, 0.15) is 4.47 Å². The minimum absolute atomic E-state index is 0.114. The van der Waals surface area contributed by atoms with Crippen LogP contribution in [0.4, 0.5) is 5.69 Å². The molecule has 112 valence electrons. The minimum atomic E-state index is -0.781. The molecule has 0 bridgehead atoms. The molecule has 20 heavy (non-hydrogen) atoms. The van der Waals surface area contributed by atoms with Crippen LogP contribution in [0.15, 0.2) is 15.5 Å². The number of rotatable bonds is 7. The summed E-state index contributed by atoms with van der Waals surface area (Å²) in [6.45, 7) is 4.92. The van der Waals surface area contributed by atoms with Gasteiger partial charge in [-0.3, -0.25) is 4.79 Å². The van der Waals surface area contributed by atoms with E-state index in [1.807, 2.05) is 6.92 Å². The first kappa shape index (κ1) is 15.5. The summed E-state index contributed by atoms with van der Waals surface area (Å²) >= 11 is 3.33. The number of aromatic nitrogens is 2. The summed E-state index contributed by atoms with van der Waals surface area (Å²) in [5, 5.41) is 17.4. The molecule has 0 spiro atoms. The maximum Gasteiger partial charge on any atom is 0.283 e. The fourth-order valence-corrected chi connectivity index (χ4v) is 2.62. The molecule has 1 atom stereocenters. The van der Waals surface area contributed by atoms with Crippen LogP contribution in [0.5, 0.6) is 0 Å². The second-order valence-electron chi connectivity index (χ2n) is 5.90. The second kappa shape index (κ2) is 6.26. The van der Waals surface area contributed by atoms with Crippen LogP contribution in [-0.4, -0.2) is 27.0 Å². The lowest BCUT2D eigenvalue weighted by atomic mass is 10.0. The van der Waals surface area contributed by atoms with Gasteiger partial charge in [0, 0.05) is 13.1 Å². The number of anilines is 1. The van der Waals surface area contributed by atoms with Crippen LogP contribution in [0, 0.1) is 5.92 Å². The van der Waals surface area contributed by atoms with E-state index in [0.717, 1.165) is 6.42 Å². The Morgan fingerprint density at radius 2 is 2.30 bits per heavy atom. The molecule has 0 saturated heterocycles. The Kier molecular flexibility index (Phi) is 4.86. The molecule has 6 heteroatoms. The van der Waals surface area contributed by atoms with Crippen molar-refractivity contribution < 1.29 is 5.11 Å². The highest BCUT2D eigenvalue weighted by atomic mass is 79.9. The van der Waals surface area contributed by atoms with Crippen LogP contribution in [0.25, 0.3) is 0 Å². The zero-order valence-corrected chi connectivity index (χ0v) is 13.6. The van der Waals surface area contributed by atoms with Gasteiger partial charge in [0.25, 0.3) is 5.56 Å². The Morgan fingerprint density at radius 3 is 2.90 bits per heavy atom. The number of nitrogens with zero attached hydrogens (tertiary/aromatic N) is 2. The average Bonchev–Trinajstić information content (AvgIpc) is 3.18. The highest BCUT2D eigenvalue weighted by Crippen LogP contribution is 2.30. The maximum atomic E-state index is 12.2. The number of nitrogens with one attached hydrogen (secondary N) is 1. The lowest BCUT2D eigenvalue weighted by Crippen LogP contribution is -2.34. The predicted molar refractivity (Wildman–Crippen MR) is 82.9 cm³/mol. The van der Waals surface area contributed by atoms with E-state index >= 15 is 0 Å². The van der Waals surface area contributed by atoms with Gasteiger partial charge in [-0.15, -0.1) is 0 Å². The first-order valence-electron chi connectivity index (χ1n) is 7.15. The lowest BCUT2D eigenvalue weighted by molar-refractivity contribution is 0.0636. The van der Waals surface area contributed by atoms with Gasteiger partial charge >= 0.3 is 0 Å². The van der Waals surface area contributed by atoms with Gasteiger partial charge in [0.15, 0.2) is 0 Å². The van der Waals surface area contributed by atoms with Gasteiger partial charge in [-0.1, -0.05) is 13.3 Å². The predicted octanol–water partition coefficient (Wildman–Crippen LogP) is 2.38. The normalized spacial score (nSPS) is 17.8. The molecule has 1 heterocycles. The number of halogens is 1. The van der Waals surface area contributed by atoms with E-state index in [9.17, 15) is 9.90 Å². The van der Waals surface area contributed by atoms with E-state index in [0.29, 0.717) is 35.6 Å². The first-order valence-corrected chi connectivity index (χ1v) is 7.94. The molecule has 1 aliphatic carbocycles. The van der Waals surface area contributed by atoms with E-state index in [1.54, 1.807) is 13.1 Å². The van der Waals surface area contributed by atoms with E-state index in [-0.39, 0.29) is 5.56 Å². The monoisotopic (exact) mass is 343 g/mol. The van der Waals surface area contributed by atoms with Crippen LogP contribution in [-0.2, 0) is 6.54 Å². The molecule has 1 aliphatic rings. The van der Waals surface area contributed by atoms with Crippen molar-refractivity contribution in [2.75, 3.05) is 11.9 Å². The fraction of sp³-hybridized carbons (Fsp3) is 0.714. The van der Waals surface area contributed by atoms with Crippen molar-refractivity contribution in [3.8, 4) is 0 Å². The van der Waals surface area contributed by atoms with Crippen molar-refractivity contribution in [3.63, 3.8) is 0 Å². The molecule has 0 aromatic carbocycles. The second-order valence-corrected chi connectivity index (χ2v) is 6.70. The minimum Gasteiger partial charge on any atom is -0.388 e. The number of hydrogen-bond acceptors (Lipinski definition) is 4. The van der Waals surface area contributed by atoms with Crippen molar-refractivity contribution in [1.29, 1.82) is 0 Å². The third-order valence-corrected chi connectivity index (χ3v) is 4.33. The molecule has 0 aliphatic heterocycles. The van der Waals surface area contributed by atoms with Crippen molar-refractivity contribution in [2.24, 2.45) is 5.92 Å². The number of aliphatic hydroxyl groups is 1. The van der Waals surface area contributed by atoms with Crippen LogP contribution in [0.3, 0.4) is 0 Å². The van der Waals surface area contributed by atoms with E-state index in [4.69, 9.17) is 0 Å². The Bertz CT molecular complexity index is 524. The van der Waals surface area contributed by atoms with Gasteiger partial charge in [-0.2, -0.15) is 5.10 Å². The largest absolute Gasteiger partial charge is 0.388 e. The van der Waals surface area contributed by atoms with Gasteiger partial charge in [-0.05, 0) is 48.0 Å².